The van der Waals surface area contributed by atoms with Crippen LogP contribution in [0.2, 0.25) is 5.02 Å². The second-order valence-corrected chi connectivity index (χ2v) is 6.05. The van der Waals surface area contributed by atoms with Crippen LogP contribution in [0.3, 0.4) is 0 Å². The van der Waals surface area contributed by atoms with E-state index in [4.69, 9.17) is 16.9 Å². The van der Waals surface area contributed by atoms with Crippen LogP contribution in [0, 0.1) is 27.3 Å². The van der Waals surface area contributed by atoms with Crippen molar-refractivity contribution in [1.82, 2.24) is 0 Å². The Kier molecular flexibility index (Phi) is 7.50. The minimum absolute atomic E-state index is 0. The Morgan fingerprint density at radius 1 is 1.27 bits per heavy atom. The largest absolute Gasteiger partial charge is 0.349 e. The molecule has 1 N–H and O–H groups in total. The Hall–Kier alpha value is -2.69. The molecule has 0 saturated carbocycles. The first-order chi connectivity index (χ1) is 12.0. The lowest BCUT2D eigenvalue weighted by atomic mass is 10.1. The highest BCUT2D eigenvalue weighted by molar-refractivity contribution is 7.23. The van der Waals surface area contributed by atoms with Crippen molar-refractivity contribution in [2.45, 2.75) is 21.3 Å². The molecule has 0 atom stereocenters. The van der Waals surface area contributed by atoms with E-state index in [1.165, 1.54) is 18.2 Å². The van der Waals surface area contributed by atoms with Crippen molar-refractivity contribution >= 4 is 49.4 Å². The topological polar surface area (TPSA) is 79.0 Å². The fraction of sp³-hybridized carbons (Fsp3) is 0.167. The van der Waals surface area contributed by atoms with Gasteiger partial charge >= 0.3 is 5.00 Å². The van der Waals surface area contributed by atoms with Crippen LogP contribution in [0.4, 0.5) is 20.8 Å². The van der Waals surface area contributed by atoms with Gasteiger partial charge in [-0.05, 0) is 36.4 Å². The van der Waals surface area contributed by atoms with Crippen molar-refractivity contribution in [2.24, 2.45) is 0 Å². The van der Waals surface area contributed by atoms with Crippen molar-refractivity contribution in [3.63, 3.8) is 0 Å². The quantitative estimate of drug-likeness (QED) is 0.388. The van der Waals surface area contributed by atoms with E-state index in [1.54, 1.807) is 18.2 Å². The molecule has 0 amide bonds. The van der Waals surface area contributed by atoms with Crippen molar-refractivity contribution < 1.29 is 9.31 Å². The van der Waals surface area contributed by atoms with Crippen LogP contribution in [0.5, 0.6) is 0 Å². The third kappa shape index (κ3) is 4.28. The maximum atomic E-state index is 13.2. The number of anilines is 2. The monoisotopic (exact) mass is 393 g/mol. The van der Waals surface area contributed by atoms with Gasteiger partial charge in [0.25, 0.3) is 0 Å². The molecule has 8 heteroatoms. The van der Waals surface area contributed by atoms with Crippen LogP contribution in [-0.4, -0.2) is 4.92 Å². The summed E-state index contributed by atoms with van der Waals surface area (Å²) in [6.45, 7) is 4.00. The number of benzene rings is 2. The minimum atomic E-state index is -0.569. The standard InChI is InChI=1S/C15H7ClFN3O2S.C2H6.CH4/c16-11-6-9(2-4-12(11)17)19-14-10-3-1-8(7-18)5-13(10)23-15(14)20(21)22;1-2;/h1-6,19H;1-2H3;1H4. The molecule has 0 aliphatic heterocycles. The summed E-state index contributed by atoms with van der Waals surface area (Å²) in [6, 6.07) is 10.8. The molecule has 0 bridgehead atoms. The Bertz CT molecular complexity index is 982. The van der Waals surface area contributed by atoms with Crippen LogP contribution in [0.25, 0.3) is 10.1 Å². The van der Waals surface area contributed by atoms with Crippen molar-refractivity contribution in [1.29, 1.82) is 5.26 Å². The molecule has 0 radical (unpaired) electrons. The number of nitro groups is 1. The van der Waals surface area contributed by atoms with E-state index >= 15 is 0 Å². The van der Waals surface area contributed by atoms with Gasteiger partial charge in [-0.3, -0.25) is 10.1 Å². The lowest BCUT2D eigenvalue weighted by molar-refractivity contribution is -0.379. The zero-order valence-corrected chi connectivity index (χ0v) is 14.9. The normalized spacial score (nSPS) is 9.50. The summed E-state index contributed by atoms with van der Waals surface area (Å²) < 4.78 is 13.8. The number of thiophene rings is 1. The first-order valence-corrected chi connectivity index (χ1v) is 8.52. The smallest absolute Gasteiger partial charge is 0.348 e. The van der Waals surface area contributed by atoms with E-state index in [-0.39, 0.29) is 17.5 Å². The molecule has 1 heterocycles. The number of rotatable bonds is 3. The van der Waals surface area contributed by atoms with E-state index in [0.717, 1.165) is 11.3 Å². The van der Waals surface area contributed by atoms with Crippen LogP contribution in [0.1, 0.15) is 26.8 Å². The highest BCUT2D eigenvalue weighted by Crippen LogP contribution is 2.43. The zero-order valence-electron chi connectivity index (χ0n) is 13.3. The minimum Gasteiger partial charge on any atom is -0.349 e. The van der Waals surface area contributed by atoms with Crippen molar-refractivity contribution in [3.05, 3.63) is 62.9 Å². The Morgan fingerprint density at radius 3 is 2.54 bits per heavy atom. The lowest BCUT2D eigenvalue weighted by Crippen LogP contribution is -1.94. The Balaban J connectivity index is 0.00000109. The van der Waals surface area contributed by atoms with Gasteiger partial charge in [-0.25, -0.2) is 4.39 Å². The van der Waals surface area contributed by atoms with Gasteiger partial charge in [-0.15, -0.1) is 0 Å². The molecule has 5 nitrogen and oxygen atoms in total. The second-order valence-electron chi connectivity index (χ2n) is 4.62. The number of nitrogens with one attached hydrogen (secondary N) is 1. The highest BCUT2D eigenvalue weighted by Gasteiger charge is 2.22. The number of fused-ring (bicyclic) bond motifs is 1. The van der Waals surface area contributed by atoms with Gasteiger partial charge in [-0.2, -0.15) is 5.26 Å². The fourth-order valence-corrected chi connectivity index (χ4v) is 3.31. The third-order valence-electron chi connectivity index (χ3n) is 3.16. The summed E-state index contributed by atoms with van der Waals surface area (Å²) >= 11 is 6.70. The average molecular weight is 394 g/mol. The predicted octanol–water partition coefficient (Wildman–Crippen LogP) is 6.88. The van der Waals surface area contributed by atoms with Gasteiger partial charge in [0.1, 0.15) is 11.5 Å². The fourth-order valence-electron chi connectivity index (χ4n) is 2.12. The molecule has 0 aliphatic rings. The van der Waals surface area contributed by atoms with Crippen LogP contribution in [-0.2, 0) is 0 Å². The zero-order chi connectivity index (χ0) is 18.6. The molecule has 0 aliphatic carbocycles. The summed E-state index contributed by atoms with van der Waals surface area (Å²) in [6.07, 6.45) is 0. The number of nitriles is 1. The molecular weight excluding hydrogens is 377 g/mol. The van der Waals surface area contributed by atoms with Gasteiger partial charge in [-0.1, -0.05) is 44.2 Å². The predicted molar refractivity (Wildman–Crippen MR) is 106 cm³/mol. The summed E-state index contributed by atoms with van der Waals surface area (Å²) in [5, 5.41) is 23.6. The molecule has 2 aromatic carbocycles. The molecule has 3 aromatic rings. The number of halogens is 2. The molecule has 0 saturated heterocycles. The SMILES string of the molecule is C.CC.N#Cc1ccc2c(Nc3ccc(F)c(Cl)c3)c([N+](=O)[O-])sc2c1. The maximum absolute atomic E-state index is 13.2. The molecule has 3 rings (SSSR count). The molecule has 0 fully saturated rings. The van der Waals surface area contributed by atoms with Gasteiger partial charge in [0.05, 0.1) is 21.6 Å². The van der Waals surface area contributed by atoms with Gasteiger partial charge < -0.3 is 5.32 Å². The number of hydrogen-bond acceptors (Lipinski definition) is 5. The van der Waals surface area contributed by atoms with E-state index in [0.29, 0.717) is 27.0 Å². The number of nitrogens with zero attached hydrogens (tertiary/aromatic N) is 2. The molecular formula is C18H17ClFN3O2S. The van der Waals surface area contributed by atoms with E-state index in [9.17, 15) is 14.5 Å². The van der Waals surface area contributed by atoms with E-state index in [1.807, 2.05) is 19.9 Å². The second kappa shape index (κ2) is 9.13. The first-order valence-electron chi connectivity index (χ1n) is 7.32. The van der Waals surface area contributed by atoms with Crippen molar-refractivity contribution in [2.75, 3.05) is 5.32 Å². The third-order valence-corrected chi connectivity index (χ3v) is 4.55. The van der Waals surface area contributed by atoms with Crippen LogP contribution >= 0.6 is 22.9 Å². The van der Waals surface area contributed by atoms with Gasteiger partial charge in [0, 0.05) is 15.8 Å². The summed E-state index contributed by atoms with van der Waals surface area (Å²) in [4.78, 5) is 10.8. The highest BCUT2D eigenvalue weighted by atomic mass is 35.5. The summed E-state index contributed by atoms with van der Waals surface area (Å²) in [5.41, 5.74) is 1.15. The molecule has 0 unspecified atom stereocenters. The summed E-state index contributed by atoms with van der Waals surface area (Å²) in [7, 11) is 0. The lowest BCUT2D eigenvalue weighted by Gasteiger charge is -2.06. The van der Waals surface area contributed by atoms with E-state index < -0.39 is 10.7 Å². The van der Waals surface area contributed by atoms with E-state index in [2.05, 4.69) is 5.32 Å². The van der Waals surface area contributed by atoms with Crippen molar-refractivity contribution in [3.8, 4) is 6.07 Å². The molecule has 0 spiro atoms. The Labute approximate surface area is 159 Å². The molecule has 26 heavy (non-hydrogen) atoms. The summed E-state index contributed by atoms with van der Waals surface area (Å²) in [5.74, 6) is -0.569. The Morgan fingerprint density at radius 2 is 1.96 bits per heavy atom. The molecule has 1 aromatic heterocycles. The van der Waals surface area contributed by atoms with Crippen LogP contribution < -0.4 is 5.32 Å². The number of hydrogen-bond donors (Lipinski definition) is 1. The molecule has 136 valence electrons. The first kappa shape index (κ1) is 21.4. The van der Waals surface area contributed by atoms with Gasteiger partial charge in [0.2, 0.25) is 0 Å². The maximum Gasteiger partial charge on any atom is 0.348 e. The van der Waals surface area contributed by atoms with Crippen LogP contribution in [0.15, 0.2) is 36.4 Å². The van der Waals surface area contributed by atoms with Gasteiger partial charge in [0.15, 0.2) is 0 Å². The average Bonchev–Trinajstić information content (AvgIpc) is 2.98.